The number of hydrogen-bond donors (Lipinski definition) is 2. The lowest BCUT2D eigenvalue weighted by Gasteiger charge is -1.92. The van der Waals surface area contributed by atoms with Crippen molar-refractivity contribution in [3.05, 3.63) is 20.2 Å². The van der Waals surface area contributed by atoms with E-state index in [-0.39, 0.29) is 26.1 Å². The summed E-state index contributed by atoms with van der Waals surface area (Å²) in [7, 11) is 0. The van der Waals surface area contributed by atoms with Crippen LogP contribution in [0.4, 0.5) is 11.4 Å². The van der Waals surface area contributed by atoms with Gasteiger partial charge in [0.15, 0.2) is 15.4 Å². The molecule has 0 amide bonds. The van der Waals surface area contributed by atoms with Crippen LogP contribution in [0.3, 0.4) is 0 Å². The summed E-state index contributed by atoms with van der Waals surface area (Å²) in [5.41, 5.74) is 3.10. The van der Waals surface area contributed by atoms with E-state index in [2.05, 4.69) is 14.4 Å². The van der Waals surface area contributed by atoms with Crippen molar-refractivity contribution >= 4 is 33.4 Å². The highest BCUT2D eigenvalue weighted by atomic mass is 16.8. The van der Waals surface area contributed by atoms with Crippen LogP contribution in [0.1, 0.15) is 0 Å². The fourth-order valence-corrected chi connectivity index (χ4v) is 1.70. The Morgan fingerprint density at radius 2 is 2.17 bits per heavy atom. The second kappa shape index (κ2) is 2.93. The van der Waals surface area contributed by atoms with Crippen LogP contribution >= 0.6 is 0 Å². The lowest BCUT2D eigenvalue weighted by molar-refractivity contribution is -0.781. The number of nitrogen functional groups attached to an aromatic ring is 1. The molecule has 92 valence electrons. The van der Waals surface area contributed by atoms with Crippen LogP contribution in [0.2, 0.25) is 0 Å². The maximum Gasteiger partial charge on any atom is 0.349 e. The molecule has 0 spiro atoms. The first-order chi connectivity index (χ1) is 8.52. The third-order valence-electron chi connectivity index (χ3n) is 2.42. The number of nitro groups is 1. The Morgan fingerprint density at radius 1 is 1.44 bits per heavy atom. The third kappa shape index (κ3) is 0.977. The second-order valence-electron chi connectivity index (χ2n) is 3.32. The minimum Gasteiger partial charge on any atom is -0.389 e. The fraction of sp³-hybridized carbons (Fsp3) is 0. The first-order valence-electron chi connectivity index (χ1n) is 4.42. The number of aromatic nitrogens is 4. The van der Waals surface area contributed by atoms with Gasteiger partial charge in [0.2, 0.25) is 0 Å². The Balaban J connectivity index is 2.75. The predicted molar refractivity (Wildman–Crippen MR) is 51.5 cm³/mol. The highest BCUT2D eigenvalue weighted by Gasteiger charge is 2.37. The molecular weight excluding hydrogens is 252 g/mol. The molecule has 3 rings (SSSR count). The standard InChI is InChI=1S/C6H3N6O6/c7-1-4(10(13)14)2-6(12(16)18-8-2)3-5(1)11(15)17-9-3/h8H,7H2/q+1. The van der Waals surface area contributed by atoms with Crippen molar-refractivity contribution in [1.29, 1.82) is 0 Å². The zero-order chi connectivity index (χ0) is 13.0. The molecule has 0 fully saturated rings. The molecule has 0 atom stereocenters. The summed E-state index contributed by atoms with van der Waals surface area (Å²) in [4.78, 5) is 21.3. The zero-order valence-electron chi connectivity index (χ0n) is 8.32. The number of nitrogens with zero attached hydrogens (tertiary/aromatic N) is 4. The van der Waals surface area contributed by atoms with Crippen LogP contribution in [-0.2, 0) is 0 Å². The van der Waals surface area contributed by atoms with Gasteiger partial charge >= 0.3 is 16.7 Å². The molecule has 12 nitrogen and oxygen atoms in total. The van der Waals surface area contributed by atoms with Gasteiger partial charge in [0.1, 0.15) is 0 Å². The molecule has 1 aromatic carbocycles. The Kier molecular flexibility index (Phi) is 1.63. The first kappa shape index (κ1) is 10.0. The fourth-order valence-electron chi connectivity index (χ4n) is 1.70. The second-order valence-corrected chi connectivity index (χ2v) is 3.32. The monoisotopic (exact) mass is 255 g/mol. The van der Waals surface area contributed by atoms with Gasteiger partial charge in [-0.15, -0.1) is 0 Å². The highest BCUT2D eigenvalue weighted by Crippen LogP contribution is 2.34. The molecule has 0 saturated carbocycles. The molecule has 0 unspecified atom stereocenters. The molecule has 0 radical (unpaired) electrons. The molecule has 0 aliphatic carbocycles. The topological polar surface area (TPSA) is 174 Å². The van der Waals surface area contributed by atoms with E-state index in [0.717, 1.165) is 0 Å². The van der Waals surface area contributed by atoms with Crippen molar-refractivity contribution in [3.8, 4) is 0 Å². The Hall–Kier alpha value is -3.18. The number of benzene rings is 1. The van der Waals surface area contributed by atoms with Gasteiger partial charge in [-0.05, 0) is 14.4 Å². The number of nitrogens with two attached hydrogens (primary N) is 1. The van der Waals surface area contributed by atoms with Gasteiger partial charge in [-0.25, -0.2) is 0 Å². The van der Waals surface area contributed by atoms with E-state index in [1.165, 1.54) is 0 Å². The Morgan fingerprint density at radius 3 is 2.83 bits per heavy atom. The molecule has 18 heavy (non-hydrogen) atoms. The SMILES string of the molecule is Nc1c([N+](=O)[O-])c2[nH]o[n+]([O-])c2c2no[n+](=O)c12. The summed E-state index contributed by atoms with van der Waals surface area (Å²) < 4.78 is 8.50. The number of H-pyrrole nitrogens is 1. The van der Waals surface area contributed by atoms with E-state index in [9.17, 15) is 20.2 Å². The lowest BCUT2D eigenvalue weighted by atomic mass is 10.2. The average Bonchev–Trinajstić information content (AvgIpc) is 2.83. The van der Waals surface area contributed by atoms with E-state index >= 15 is 0 Å². The molecule has 0 bridgehead atoms. The van der Waals surface area contributed by atoms with Crippen molar-refractivity contribution in [1.82, 2.24) is 10.3 Å². The Bertz CT molecular complexity index is 857. The van der Waals surface area contributed by atoms with Crippen molar-refractivity contribution < 1.29 is 23.7 Å². The van der Waals surface area contributed by atoms with Crippen molar-refractivity contribution in [2.75, 3.05) is 5.73 Å². The van der Waals surface area contributed by atoms with E-state index in [1.807, 2.05) is 5.16 Å². The number of nitro benzene ring substituents is 1. The number of anilines is 1. The molecule has 2 aromatic heterocycles. The number of rotatable bonds is 1. The van der Waals surface area contributed by atoms with E-state index in [0.29, 0.717) is 0 Å². The van der Waals surface area contributed by atoms with Gasteiger partial charge in [-0.3, -0.25) is 10.1 Å². The van der Waals surface area contributed by atoms with Gasteiger partial charge in [-0.1, -0.05) is 0 Å². The molecule has 3 aromatic rings. The summed E-state index contributed by atoms with van der Waals surface area (Å²) >= 11 is 0. The number of fused-ring (bicyclic) bond motifs is 3. The van der Waals surface area contributed by atoms with Gasteiger partial charge in [0, 0.05) is 0 Å². The van der Waals surface area contributed by atoms with Gasteiger partial charge < -0.3 is 15.6 Å². The van der Waals surface area contributed by atoms with Crippen LogP contribution in [0.25, 0.3) is 22.1 Å². The number of aromatic amines is 1. The largest absolute Gasteiger partial charge is 0.389 e. The van der Waals surface area contributed by atoms with Gasteiger partial charge in [-0.2, -0.15) is 5.16 Å². The zero-order valence-corrected chi connectivity index (χ0v) is 8.32. The maximum atomic E-state index is 11.4. The normalized spacial score (nSPS) is 11.3. The smallest absolute Gasteiger partial charge is 0.349 e. The highest BCUT2D eigenvalue weighted by molar-refractivity contribution is 6.08. The van der Waals surface area contributed by atoms with Crippen LogP contribution in [0.15, 0.2) is 9.26 Å². The summed E-state index contributed by atoms with van der Waals surface area (Å²) in [6, 6.07) is 0. The maximum absolute atomic E-state index is 11.4. The summed E-state index contributed by atoms with van der Waals surface area (Å²) in [6.45, 7) is 0. The third-order valence-corrected chi connectivity index (χ3v) is 2.42. The van der Waals surface area contributed by atoms with Gasteiger partial charge in [0.05, 0.1) is 4.92 Å². The number of nitrogens with one attached hydrogen (secondary N) is 1. The first-order valence-corrected chi connectivity index (χ1v) is 4.42. The molecule has 0 saturated heterocycles. The number of hydrogen-bond acceptors (Lipinski definition) is 8. The van der Waals surface area contributed by atoms with Crippen LogP contribution in [-0.4, -0.2) is 15.2 Å². The van der Waals surface area contributed by atoms with E-state index in [1.54, 1.807) is 0 Å². The lowest BCUT2D eigenvalue weighted by Crippen LogP contribution is -2.23. The van der Waals surface area contributed by atoms with Crippen molar-refractivity contribution in [3.63, 3.8) is 0 Å². The molecule has 0 aliphatic rings. The quantitative estimate of drug-likeness (QED) is 0.239. The average molecular weight is 255 g/mol. The molecular formula is C6H3N6O6+. The minimum atomic E-state index is -0.851. The minimum absolute atomic E-state index is 0.0629. The van der Waals surface area contributed by atoms with E-state index < -0.39 is 21.8 Å². The van der Waals surface area contributed by atoms with Crippen molar-refractivity contribution in [2.24, 2.45) is 0 Å². The molecule has 2 heterocycles. The molecule has 12 heteroatoms. The summed E-state index contributed by atoms with van der Waals surface area (Å²) in [5, 5.41) is 27.6. The van der Waals surface area contributed by atoms with Crippen LogP contribution in [0, 0.1) is 20.2 Å². The summed E-state index contributed by atoms with van der Waals surface area (Å²) in [6.07, 6.45) is 0. The molecule has 0 aliphatic heterocycles. The van der Waals surface area contributed by atoms with Gasteiger partial charge in [0.25, 0.3) is 11.0 Å². The molecule has 3 N–H and O–H groups in total. The van der Waals surface area contributed by atoms with Crippen LogP contribution < -0.4 is 15.2 Å². The van der Waals surface area contributed by atoms with Crippen LogP contribution in [0.5, 0.6) is 0 Å². The predicted octanol–water partition coefficient (Wildman–Crippen LogP) is -1.06. The van der Waals surface area contributed by atoms with Crippen molar-refractivity contribution in [2.45, 2.75) is 0 Å². The van der Waals surface area contributed by atoms with E-state index in [4.69, 9.17) is 5.73 Å². The summed E-state index contributed by atoms with van der Waals surface area (Å²) in [5.74, 6) is 0. The Labute approximate surface area is 94.4 Å².